The van der Waals surface area contributed by atoms with Gasteiger partial charge in [0, 0.05) is 24.1 Å². The van der Waals surface area contributed by atoms with Gasteiger partial charge in [-0.15, -0.1) is 0 Å². The Kier molecular flexibility index (Phi) is 4.63. The Balaban J connectivity index is 1.67. The maximum atomic E-state index is 12.2. The molecule has 3 rings (SSSR count). The Morgan fingerprint density at radius 3 is 2.78 bits per heavy atom. The fourth-order valence-corrected chi connectivity index (χ4v) is 2.37. The first kappa shape index (κ1) is 15.2. The molecule has 0 aliphatic carbocycles. The highest BCUT2D eigenvalue weighted by Crippen LogP contribution is 2.17. The molecular formula is C17H17N3O3. The zero-order valence-corrected chi connectivity index (χ0v) is 12.5. The van der Waals surface area contributed by atoms with Crippen LogP contribution in [0.5, 0.6) is 0 Å². The van der Waals surface area contributed by atoms with E-state index in [2.05, 4.69) is 15.6 Å². The quantitative estimate of drug-likeness (QED) is 0.909. The molecule has 1 fully saturated rings. The van der Waals surface area contributed by atoms with Crippen molar-refractivity contribution in [3.8, 4) is 0 Å². The summed E-state index contributed by atoms with van der Waals surface area (Å²) in [5.41, 5.74) is 1.01. The summed E-state index contributed by atoms with van der Waals surface area (Å²) in [6.07, 6.45) is 2.82. The Labute approximate surface area is 133 Å². The Bertz CT molecular complexity index is 697. The SMILES string of the molecule is O=C(Nc1ccccn1)c1cccc(NC(=O)[C@H]2CCCO2)c1. The van der Waals surface area contributed by atoms with E-state index in [-0.39, 0.29) is 11.8 Å². The van der Waals surface area contributed by atoms with E-state index in [9.17, 15) is 9.59 Å². The van der Waals surface area contributed by atoms with Crippen LogP contribution in [0.3, 0.4) is 0 Å². The summed E-state index contributed by atoms with van der Waals surface area (Å²) in [5, 5.41) is 5.49. The van der Waals surface area contributed by atoms with Gasteiger partial charge in [0.1, 0.15) is 11.9 Å². The van der Waals surface area contributed by atoms with Gasteiger partial charge in [0.25, 0.3) is 11.8 Å². The molecule has 1 atom stereocenters. The standard InChI is InChI=1S/C17H17N3O3/c21-16(20-15-8-1-2-9-18-15)12-5-3-6-13(11-12)19-17(22)14-7-4-10-23-14/h1-3,5-6,8-9,11,14H,4,7,10H2,(H,19,22)(H,18,20,21)/t14-/m1/s1. The third-order valence-corrected chi connectivity index (χ3v) is 3.52. The molecule has 0 unspecified atom stereocenters. The fraction of sp³-hybridized carbons (Fsp3) is 0.235. The molecule has 2 N–H and O–H groups in total. The van der Waals surface area contributed by atoms with Crippen LogP contribution < -0.4 is 10.6 Å². The number of nitrogens with one attached hydrogen (secondary N) is 2. The number of carbonyl (C=O) groups excluding carboxylic acids is 2. The monoisotopic (exact) mass is 311 g/mol. The summed E-state index contributed by atoms with van der Waals surface area (Å²) in [7, 11) is 0. The van der Waals surface area contributed by atoms with Crippen molar-refractivity contribution in [2.24, 2.45) is 0 Å². The molecule has 0 spiro atoms. The van der Waals surface area contributed by atoms with Crippen LogP contribution in [0, 0.1) is 0 Å². The van der Waals surface area contributed by atoms with Crippen LogP contribution in [0.2, 0.25) is 0 Å². The van der Waals surface area contributed by atoms with E-state index < -0.39 is 6.10 Å². The number of hydrogen-bond donors (Lipinski definition) is 2. The van der Waals surface area contributed by atoms with Crippen molar-refractivity contribution in [3.05, 3.63) is 54.2 Å². The highest BCUT2D eigenvalue weighted by atomic mass is 16.5. The van der Waals surface area contributed by atoms with Gasteiger partial charge in [0.15, 0.2) is 0 Å². The molecule has 1 aromatic heterocycles. The van der Waals surface area contributed by atoms with Crippen molar-refractivity contribution in [2.45, 2.75) is 18.9 Å². The minimum absolute atomic E-state index is 0.176. The number of amides is 2. The molecule has 2 aromatic rings. The van der Waals surface area contributed by atoms with Crippen molar-refractivity contribution in [1.29, 1.82) is 0 Å². The Morgan fingerprint density at radius 2 is 2.04 bits per heavy atom. The number of hydrogen-bond acceptors (Lipinski definition) is 4. The lowest BCUT2D eigenvalue weighted by Crippen LogP contribution is -2.27. The lowest BCUT2D eigenvalue weighted by Gasteiger charge is -2.11. The van der Waals surface area contributed by atoms with Gasteiger partial charge in [-0.2, -0.15) is 0 Å². The van der Waals surface area contributed by atoms with E-state index in [1.165, 1.54) is 0 Å². The van der Waals surface area contributed by atoms with Crippen molar-refractivity contribution in [1.82, 2.24) is 4.98 Å². The van der Waals surface area contributed by atoms with Crippen LogP contribution in [0.15, 0.2) is 48.7 Å². The van der Waals surface area contributed by atoms with E-state index in [0.717, 1.165) is 12.8 Å². The third-order valence-electron chi connectivity index (χ3n) is 3.52. The number of pyridine rings is 1. The summed E-state index contributed by atoms with van der Waals surface area (Å²) in [4.78, 5) is 28.3. The molecule has 6 heteroatoms. The van der Waals surface area contributed by atoms with E-state index in [4.69, 9.17) is 4.74 Å². The first-order chi connectivity index (χ1) is 11.2. The summed E-state index contributed by atoms with van der Waals surface area (Å²) >= 11 is 0. The molecule has 2 amide bonds. The average molecular weight is 311 g/mol. The predicted molar refractivity (Wildman–Crippen MR) is 86.2 cm³/mol. The normalized spacial score (nSPS) is 16.8. The topological polar surface area (TPSA) is 80.3 Å². The van der Waals surface area contributed by atoms with E-state index in [1.807, 2.05) is 0 Å². The second kappa shape index (κ2) is 7.02. The lowest BCUT2D eigenvalue weighted by molar-refractivity contribution is -0.124. The maximum Gasteiger partial charge on any atom is 0.256 e. The molecule has 1 saturated heterocycles. The number of rotatable bonds is 4. The van der Waals surface area contributed by atoms with Crippen LogP contribution in [0.4, 0.5) is 11.5 Å². The fourth-order valence-electron chi connectivity index (χ4n) is 2.37. The van der Waals surface area contributed by atoms with Crippen molar-refractivity contribution in [3.63, 3.8) is 0 Å². The van der Waals surface area contributed by atoms with Crippen molar-refractivity contribution in [2.75, 3.05) is 17.2 Å². The van der Waals surface area contributed by atoms with Gasteiger partial charge < -0.3 is 15.4 Å². The Morgan fingerprint density at radius 1 is 1.13 bits per heavy atom. The van der Waals surface area contributed by atoms with Crippen molar-refractivity contribution >= 4 is 23.3 Å². The van der Waals surface area contributed by atoms with Crippen LogP contribution in [0.25, 0.3) is 0 Å². The predicted octanol–water partition coefficient (Wildman–Crippen LogP) is 2.45. The van der Waals surface area contributed by atoms with Crippen LogP contribution in [-0.2, 0) is 9.53 Å². The smallest absolute Gasteiger partial charge is 0.256 e. The van der Waals surface area contributed by atoms with E-state index in [1.54, 1.807) is 48.7 Å². The van der Waals surface area contributed by atoms with Crippen LogP contribution >= 0.6 is 0 Å². The average Bonchev–Trinajstić information content (AvgIpc) is 3.11. The summed E-state index contributed by atoms with van der Waals surface area (Å²) < 4.78 is 5.34. The molecule has 118 valence electrons. The highest BCUT2D eigenvalue weighted by Gasteiger charge is 2.23. The summed E-state index contributed by atoms with van der Waals surface area (Å²) in [5.74, 6) is 0.0213. The lowest BCUT2D eigenvalue weighted by atomic mass is 10.1. The molecule has 1 aliphatic rings. The van der Waals surface area contributed by atoms with Gasteiger partial charge in [0.05, 0.1) is 0 Å². The third kappa shape index (κ3) is 3.92. The molecule has 23 heavy (non-hydrogen) atoms. The van der Waals surface area contributed by atoms with Gasteiger partial charge in [0.2, 0.25) is 0 Å². The number of benzene rings is 1. The maximum absolute atomic E-state index is 12.2. The van der Waals surface area contributed by atoms with Gasteiger partial charge in [-0.25, -0.2) is 4.98 Å². The molecule has 0 saturated carbocycles. The van der Waals surface area contributed by atoms with E-state index >= 15 is 0 Å². The minimum atomic E-state index is -0.402. The molecule has 6 nitrogen and oxygen atoms in total. The van der Waals surface area contributed by atoms with Gasteiger partial charge in [-0.05, 0) is 43.2 Å². The van der Waals surface area contributed by atoms with Gasteiger partial charge >= 0.3 is 0 Å². The first-order valence-electron chi connectivity index (χ1n) is 7.47. The number of carbonyl (C=O) groups is 2. The van der Waals surface area contributed by atoms with Crippen LogP contribution in [0.1, 0.15) is 23.2 Å². The molecule has 1 aliphatic heterocycles. The highest BCUT2D eigenvalue weighted by molar-refractivity contribution is 6.05. The summed E-state index contributed by atoms with van der Waals surface area (Å²) in [6, 6.07) is 12.0. The molecular weight excluding hydrogens is 294 g/mol. The van der Waals surface area contributed by atoms with Crippen molar-refractivity contribution < 1.29 is 14.3 Å². The number of nitrogens with zero attached hydrogens (tertiary/aromatic N) is 1. The Hall–Kier alpha value is -2.73. The van der Waals surface area contributed by atoms with Crippen LogP contribution in [-0.4, -0.2) is 29.5 Å². The van der Waals surface area contributed by atoms with E-state index in [0.29, 0.717) is 23.7 Å². The number of anilines is 2. The number of aromatic nitrogens is 1. The molecule has 0 radical (unpaired) electrons. The molecule has 0 bridgehead atoms. The molecule has 1 aromatic carbocycles. The number of ether oxygens (including phenoxy) is 1. The second-order valence-electron chi connectivity index (χ2n) is 5.24. The second-order valence-corrected chi connectivity index (χ2v) is 5.24. The van der Waals surface area contributed by atoms with Gasteiger partial charge in [-0.3, -0.25) is 9.59 Å². The largest absolute Gasteiger partial charge is 0.368 e. The molecule has 2 heterocycles. The van der Waals surface area contributed by atoms with Gasteiger partial charge in [-0.1, -0.05) is 12.1 Å². The first-order valence-corrected chi connectivity index (χ1v) is 7.47. The zero-order chi connectivity index (χ0) is 16.1. The zero-order valence-electron chi connectivity index (χ0n) is 12.5. The summed E-state index contributed by atoms with van der Waals surface area (Å²) in [6.45, 7) is 0.616. The minimum Gasteiger partial charge on any atom is -0.368 e.